The van der Waals surface area contributed by atoms with Crippen molar-refractivity contribution in [3.8, 4) is 0 Å². The van der Waals surface area contributed by atoms with Gasteiger partial charge in [0.15, 0.2) is 5.16 Å². The molecule has 8 heteroatoms. The van der Waals surface area contributed by atoms with E-state index in [-0.39, 0.29) is 12.5 Å². The van der Waals surface area contributed by atoms with Crippen molar-refractivity contribution < 1.29 is 9.84 Å². The molecule has 0 radical (unpaired) electrons. The Balaban J connectivity index is 2.12. The van der Waals surface area contributed by atoms with Gasteiger partial charge in [0.2, 0.25) is 11.9 Å². The Labute approximate surface area is 129 Å². The number of hydrogen-bond donors (Lipinski definition) is 2. The zero-order chi connectivity index (χ0) is 15.1. The number of thioether (sulfide) groups is 1. The molecule has 21 heavy (non-hydrogen) atoms. The van der Waals surface area contributed by atoms with Crippen molar-refractivity contribution in [1.29, 1.82) is 0 Å². The second kappa shape index (κ2) is 8.35. The van der Waals surface area contributed by atoms with Crippen LogP contribution in [0.3, 0.4) is 0 Å². The number of aliphatic hydroxyl groups is 1. The van der Waals surface area contributed by atoms with Crippen LogP contribution in [0.5, 0.6) is 0 Å². The first-order valence-electron chi connectivity index (χ1n) is 7.29. The summed E-state index contributed by atoms with van der Waals surface area (Å²) >= 11 is 1.55. The minimum atomic E-state index is 0.175. The standard InChI is InChI=1S/C13H23N5O2S/c1-3-14-11-15-12(18-4-6-20-7-5-18)17-13(16-11)21-9-10(2)8-19/h10,19H,3-9H2,1-2H3,(H,14,15,16,17). The number of morpholine rings is 1. The second-order valence-electron chi connectivity index (χ2n) is 4.97. The Morgan fingerprint density at radius 1 is 1.33 bits per heavy atom. The lowest BCUT2D eigenvalue weighted by molar-refractivity contribution is 0.122. The predicted octanol–water partition coefficient (Wildman–Crippen LogP) is 0.860. The van der Waals surface area contributed by atoms with Crippen LogP contribution in [0.25, 0.3) is 0 Å². The highest BCUT2D eigenvalue weighted by atomic mass is 32.2. The first-order valence-corrected chi connectivity index (χ1v) is 8.27. The van der Waals surface area contributed by atoms with E-state index in [0.29, 0.717) is 30.3 Å². The molecule has 0 aromatic carbocycles. The van der Waals surface area contributed by atoms with Crippen LogP contribution < -0.4 is 10.2 Å². The van der Waals surface area contributed by atoms with Gasteiger partial charge in [-0.3, -0.25) is 0 Å². The molecule has 1 aromatic rings. The molecule has 1 fully saturated rings. The molecule has 1 aromatic heterocycles. The average Bonchev–Trinajstić information content (AvgIpc) is 2.53. The third kappa shape index (κ3) is 4.98. The van der Waals surface area contributed by atoms with Gasteiger partial charge in [-0.15, -0.1) is 0 Å². The molecule has 0 bridgehead atoms. The smallest absolute Gasteiger partial charge is 0.231 e. The summed E-state index contributed by atoms with van der Waals surface area (Å²) in [6.45, 7) is 7.96. The molecule has 1 unspecified atom stereocenters. The fraction of sp³-hybridized carbons (Fsp3) is 0.769. The van der Waals surface area contributed by atoms with E-state index in [9.17, 15) is 0 Å². The topological polar surface area (TPSA) is 83.4 Å². The summed E-state index contributed by atoms with van der Waals surface area (Å²) in [5.41, 5.74) is 0. The van der Waals surface area contributed by atoms with Gasteiger partial charge < -0.3 is 20.1 Å². The molecule has 1 saturated heterocycles. The van der Waals surface area contributed by atoms with Crippen molar-refractivity contribution in [3.05, 3.63) is 0 Å². The summed E-state index contributed by atoms with van der Waals surface area (Å²) in [7, 11) is 0. The summed E-state index contributed by atoms with van der Waals surface area (Å²) in [4.78, 5) is 15.5. The van der Waals surface area contributed by atoms with Crippen LogP contribution in [0.15, 0.2) is 5.16 Å². The Hall–Kier alpha value is -1.12. The monoisotopic (exact) mass is 313 g/mol. The van der Waals surface area contributed by atoms with Gasteiger partial charge in [0, 0.05) is 32.0 Å². The molecule has 1 aliphatic heterocycles. The first kappa shape index (κ1) is 16.3. The van der Waals surface area contributed by atoms with Gasteiger partial charge in [-0.2, -0.15) is 15.0 Å². The molecule has 7 nitrogen and oxygen atoms in total. The van der Waals surface area contributed by atoms with Crippen molar-refractivity contribution in [1.82, 2.24) is 15.0 Å². The predicted molar refractivity (Wildman–Crippen MR) is 84.0 cm³/mol. The van der Waals surface area contributed by atoms with Crippen molar-refractivity contribution >= 4 is 23.7 Å². The van der Waals surface area contributed by atoms with Gasteiger partial charge in [-0.05, 0) is 12.8 Å². The van der Waals surface area contributed by atoms with Gasteiger partial charge in [-0.25, -0.2) is 0 Å². The largest absolute Gasteiger partial charge is 0.396 e. The van der Waals surface area contributed by atoms with Crippen LogP contribution in [0.4, 0.5) is 11.9 Å². The maximum absolute atomic E-state index is 9.11. The molecular formula is C13H23N5O2S. The number of aromatic nitrogens is 3. The second-order valence-corrected chi connectivity index (χ2v) is 5.96. The zero-order valence-corrected chi connectivity index (χ0v) is 13.4. The van der Waals surface area contributed by atoms with E-state index in [1.54, 1.807) is 11.8 Å². The molecule has 2 rings (SSSR count). The zero-order valence-electron chi connectivity index (χ0n) is 12.6. The lowest BCUT2D eigenvalue weighted by atomic mass is 10.2. The lowest BCUT2D eigenvalue weighted by Gasteiger charge is -2.27. The molecule has 0 aliphatic carbocycles. The van der Waals surface area contributed by atoms with E-state index >= 15 is 0 Å². The molecule has 1 aliphatic rings. The van der Waals surface area contributed by atoms with Gasteiger partial charge in [0.05, 0.1) is 13.2 Å². The number of nitrogens with one attached hydrogen (secondary N) is 1. The molecule has 0 spiro atoms. The fourth-order valence-corrected chi connectivity index (χ4v) is 2.66. The Morgan fingerprint density at radius 2 is 2.10 bits per heavy atom. The highest BCUT2D eigenvalue weighted by molar-refractivity contribution is 7.99. The van der Waals surface area contributed by atoms with Crippen LogP contribution in [-0.2, 0) is 4.74 Å². The first-order chi connectivity index (χ1) is 10.2. The van der Waals surface area contributed by atoms with E-state index in [0.717, 1.165) is 25.4 Å². The van der Waals surface area contributed by atoms with Crippen molar-refractivity contribution in [2.45, 2.75) is 19.0 Å². The molecular weight excluding hydrogens is 290 g/mol. The highest BCUT2D eigenvalue weighted by Gasteiger charge is 2.17. The molecule has 118 valence electrons. The van der Waals surface area contributed by atoms with Crippen molar-refractivity contribution in [2.24, 2.45) is 5.92 Å². The fourth-order valence-electron chi connectivity index (χ4n) is 1.82. The maximum Gasteiger partial charge on any atom is 0.231 e. The van der Waals surface area contributed by atoms with Crippen LogP contribution in [0.1, 0.15) is 13.8 Å². The van der Waals surface area contributed by atoms with Crippen molar-refractivity contribution in [2.75, 3.05) is 55.4 Å². The van der Waals surface area contributed by atoms with Gasteiger partial charge in [0.25, 0.3) is 0 Å². The van der Waals surface area contributed by atoms with E-state index in [2.05, 4.69) is 25.2 Å². The number of ether oxygens (including phenoxy) is 1. The van der Waals surface area contributed by atoms with Gasteiger partial charge >= 0.3 is 0 Å². The summed E-state index contributed by atoms with van der Waals surface area (Å²) in [6.07, 6.45) is 0. The third-order valence-electron chi connectivity index (χ3n) is 3.04. The Bertz CT molecular complexity index is 443. The van der Waals surface area contributed by atoms with Crippen LogP contribution >= 0.6 is 11.8 Å². The van der Waals surface area contributed by atoms with Crippen LogP contribution in [0.2, 0.25) is 0 Å². The molecule has 1 atom stereocenters. The van der Waals surface area contributed by atoms with Gasteiger partial charge in [-0.1, -0.05) is 18.7 Å². The normalized spacial score (nSPS) is 16.8. The SMILES string of the molecule is CCNc1nc(SCC(C)CO)nc(N2CCOCC2)n1. The summed E-state index contributed by atoms with van der Waals surface area (Å²) in [6, 6.07) is 0. The molecule has 0 amide bonds. The van der Waals surface area contributed by atoms with E-state index < -0.39 is 0 Å². The molecule has 0 saturated carbocycles. The van der Waals surface area contributed by atoms with E-state index in [4.69, 9.17) is 9.84 Å². The van der Waals surface area contributed by atoms with E-state index in [1.165, 1.54) is 0 Å². The summed E-state index contributed by atoms with van der Waals surface area (Å²) in [5.74, 6) is 2.31. The van der Waals surface area contributed by atoms with E-state index in [1.807, 2.05) is 13.8 Å². The number of hydrogen-bond acceptors (Lipinski definition) is 8. The van der Waals surface area contributed by atoms with Gasteiger partial charge in [0.1, 0.15) is 0 Å². The van der Waals surface area contributed by atoms with Crippen molar-refractivity contribution in [3.63, 3.8) is 0 Å². The molecule has 2 heterocycles. The Kier molecular flexibility index (Phi) is 6.47. The number of rotatable bonds is 7. The average molecular weight is 313 g/mol. The lowest BCUT2D eigenvalue weighted by Crippen LogP contribution is -2.37. The minimum absolute atomic E-state index is 0.175. The molecule has 2 N–H and O–H groups in total. The summed E-state index contributed by atoms with van der Waals surface area (Å²) < 4.78 is 5.36. The summed E-state index contributed by atoms with van der Waals surface area (Å²) in [5, 5.41) is 13.0. The quantitative estimate of drug-likeness (QED) is 0.717. The van der Waals surface area contributed by atoms with Crippen LogP contribution in [-0.4, -0.2) is 65.3 Å². The number of anilines is 2. The number of aliphatic hydroxyl groups excluding tert-OH is 1. The van der Waals surface area contributed by atoms with Crippen LogP contribution in [0, 0.1) is 5.92 Å². The highest BCUT2D eigenvalue weighted by Crippen LogP contribution is 2.21. The Morgan fingerprint density at radius 3 is 2.76 bits per heavy atom. The third-order valence-corrected chi connectivity index (χ3v) is 4.22. The maximum atomic E-state index is 9.11. The minimum Gasteiger partial charge on any atom is -0.396 e. The number of nitrogens with zero attached hydrogens (tertiary/aromatic N) is 4.